The number of likely N-dealkylation sites (tertiary alicyclic amines) is 1. The molecule has 8 heteroatoms. The van der Waals surface area contributed by atoms with Crippen molar-refractivity contribution >= 4 is 0 Å². The first-order valence-corrected chi connectivity index (χ1v) is 8.12. The minimum Gasteiger partial charge on any atom is -0.332 e. The van der Waals surface area contributed by atoms with E-state index in [1.165, 1.54) is 0 Å². The van der Waals surface area contributed by atoms with Crippen LogP contribution < -0.4 is 0 Å². The number of hydrogen-bond donors (Lipinski definition) is 0. The molecule has 1 fully saturated rings. The Hall–Kier alpha value is -3.78. The Labute approximate surface area is 149 Å². The third-order valence-electron chi connectivity index (χ3n) is 4.25. The molecule has 3 heterocycles. The Bertz CT molecular complexity index is 1030. The fourth-order valence-corrected chi connectivity index (χ4v) is 2.97. The van der Waals surface area contributed by atoms with Crippen molar-refractivity contribution in [2.24, 2.45) is 0 Å². The van der Waals surface area contributed by atoms with Gasteiger partial charge in [-0.1, -0.05) is 17.3 Å². The first-order valence-electron chi connectivity index (χ1n) is 8.12. The maximum atomic E-state index is 9.17. The van der Waals surface area contributed by atoms with Crippen LogP contribution in [0.25, 0.3) is 23.0 Å². The second-order valence-electron chi connectivity index (χ2n) is 5.87. The van der Waals surface area contributed by atoms with Crippen LogP contribution in [0.5, 0.6) is 0 Å². The molecule has 2 aromatic heterocycles. The van der Waals surface area contributed by atoms with Crippen molar-refractivity contribution in [3.63, 3.8) is 0 Å². The van der Waals surface area contributed by atoms with E-state index in [-0.39, 0.29) is 11.9 Å². The summed E-state index contributed by atoms with van der Waals surface area (Å²) in [4.78, 5) is 14.8. The van der Waals surface area contributed by atoms with Crippen molar-refractivity contribution in [3.8, 4) is 35.2 Å². The van der Waals surface area contributed by atoms with Gasteiger partial charge in [0, 0.05) is 18.3 Å². The molecule has 1 saturated heterocycles. The second-order valence-corrected chi connectivity index (χ2v) is 5.87. The fraction of sp³-hybridized carbons (Fsp3) is 0.222. The number of benzene rings is 1. The molecule has 0 N–H and O–H groups in total. The minimum atomic E-state index is -0.147. The number of hydrogen-bond acceptors (Lipinski definition) is 8. The van der Waals surface area contributed by atoms with Gasteiger partial charge in [0.05, 0.1) is 11.6 Å². The number of rotatable bonds is 3. The van der Waals surface area contributed by atoms with E-state index in [0.29, 0.717) is 29.5 Å². The molecule has 0 unspecified atom stereocenters. The van der Waals surface area contributed by atoms with Gasteiger partial charge in [0.1, 0.15) is 11.7 Å². The largest absolute Gasteiger partial charge is 0.332 e. The lowest BCUT2D eigenvalue weighted by atomic mass is 10.1. The van der Waals surface area contributed by atoms with Crippen LogP contribution >= 0.6 is 0 Å². The Kier molecular flexibility index (Phi) is 4.00. The van der Waals surface area contributed by atoms with Gasteiger partial charge in [0.15, 0.2) is 17.8 Å². The maximum Gasteiger partial charge on any atom is 0.276 e. The number of aromatic nitrogens is 4. The highest BCUT2D eigenvalue weighted by molar-refractivity contribution is 5.60. The molecule has 1 atom stereocenters. The summed E-state index contributed by atoms with van der Waals surface area (Å²) in [6, 6.07) is 10.7. The molecule has 0 radical (unpaired) electrons. The molecule has 126 valence electrons. The van der Waals surface area contributed by atoms with Crippen LogP contribution in [0.3, 0.4) is 0 Å². The van der Waals surface area contributed by atoms with Gasteiger partial charge in [0.2, 0.25) is 0 Å². The van der Waals surface area contributed by atoms with Gasteiger partial charge in [0.25, 0.3) is 5.89 Å². The zero-order valence-corrected chi connectivity index (χ0v) is 13.7. The first kappa shape index (κ1) is 15.7. The zero-order chi connectivity index (χ0) is 17.9. The SMILES string of the molecule is N#Cc1cccc(-c2nccc(-c3nc([C@@H]4CCCN4C#N)no3)n2)c1. The van der Waals surface area contributed by atoms with Gasteiger partial charge in [-0.15, -0.1) is 0 Å². The van der Waals surface area contributed by atoms with E-state index in [9.17, 15) is 5.26 Å². The molecule has 1 aliphatic heterocycles. The normalized spacial score (nSPS) is 16.2. The van der Waals surface area contributed by atoms with Crippen LogP contribution in [-0.2, 0) is 0 Å². The molecular formula is C18H13N7O. The molecular weight excluding hydrogens is 330 g/mol. The third kappa shape index (κ3) is 2.85. The van der Waals surface area contributed by atoms with Crippen LogP contribution in [0, 0.1) is 22.8 Å². The predicted molar refractivity (Wildman–Crippen MR) is 89.8 cm³/mol. The van der Waals surface area contributed by atoms with Crippen molar-refractivity contribution in [2.45, 2.75) is 18.9 Å². The summed E-state index contributed by atoms with van der Waals surface area (Å²) in [5.41, 5.74) is 1.77. The van der Waals surface area contributed by atoms with Crippen LogP contribution in [-0.4, -0.2) is 31.6 Å². The highest BCUT2D eigenvalue weighted by Crippen LogP contribution is 2.30. The van der Waals surface area contributed by atoms with E-state index in [2.05, 4.69) is 32.4 Å². The highest BCUT2D eigenvalue weighted by atomic mass is 16.5. The molecule has 0 bridgehead atoms. The van der Waals surface area contributed by atoms with Crippen LogP contribution in [0.15, 0.2) is 41.1 Å². The molecule has 3 aromatic rings. The zero-order valence-electron chi connectivity index (χ0n) is 13.7. The monoisotopic (exact) mass is 343 g/mol. The molecule has 0 amide bonds. The molecule has 26 heavy (non-hydrogen) atoms. The van der Waals surface area contributed by atoms with Gasteiger partial charge < -0.3 is 4.52 Å². The van der Waals surface area contributed by atoms with E-state index >= 15 is 0 Å². The summed E-state index contributed by atoms with van der Waals surface area (Å²) in [5.74, 6) is 1.24. The smallest absolute Gasteiger partial charge is 0.276 e. The van der Waals surface area contributed by atoms with Crippen molar-refractivity contribution < 1.29 is 4.52 Å². The van der Waals surface area contributed by atoms with Gasteiger partial charge in [-0.2, -0.15) is 15.5 Å². The van der Waals surface area contributed by atoms with E-state index in [0.717, 1.165) is 18.4 Å². The molecule has 4 rings (SSSR count). The topological polar surface area (TPSA) is 116 Å². The summed E-state index contributed by atoms with van der Waals surface area (Å²) in [6.45, 7) is 0.706. The minimum absolute atomic E-state index is 0.147. The molecule has 0 aliphatic carbocycles. The molecule has 1 aliphatic rings. The van der Waals surface area contributed by atoms with Gasteiger partial charge in [-0.3, -0.25) is 4.90 Å². The summed E-state index contributed by atoms with van der Waals surface area (Å²) in [5, 5.41) is 22.2. The Morgan fingerprint density at radius 1 is 1.19 bits per heavy atom. The van der Waals surface area contributed by atoms with Gasteiger partial charge in [-0.05, 0) is 31.0 Å². The van der Waals surface area contributed by atoms with E-state index in [4.69, 9.17) is 9.78 Å². The Balaban J connectivity index is 1.65. The van der Waals surface area contributed by atoms with Crippen LogP contribution in [0.2, 0.25) is 0 Å². The van der Waals surface area contributed by atoms with Crippen LogP contribution in [0.4, 0.5) is 0 Å². The van der Waals surface area contributed by atoms with Crippen molar-refractivity contribution in [1.82, 2.24) is 25.0 Å². The lowest BCUT2D eigenvalue weighted by Gasteiger charge is -2.13. The maximum absolute atomic E-state index is 9.17. The quantitative estimate of drug-likeness (QED) is 0.666. The standard InChI is InChI=1S/C18H13N7O/c19-10-12-3-1-4-13(9-12)16-21-7-6-14(22-16)18-23-17(24-26-18)15-5-2-8-25(15)11-20/h1,3-4,6-7,9,15H,2,5,8H2/t15-/m0/s1. The summed E-state index contributed by atoms with van der Waals surface area (Å²) >= 11 is 0. The summed E-state index contributed by atoms with van der Waals surface area (Å²) in [6.07, 6.45) is 5.52. The van der Waals surface area contributed by atoms with Crippen molar-refractivity contribution in [2.75, 3.05) is 6.54 Å². The predicted octanol–water partition coefficient (Wildman–Crippen LogP) is 2.68. The lowest BCUT2D eigenvalue weighted by molar-refractivity contribution is 0.339. The number of nitrogens with zero attached hydrogens (tertiary/aromatic N) is 7. The van der Waals surface area contributed by atoms with E-state index < -0.39 is 0 Å². The first-order chi connectivity index (χ1) is 12.8. The van der Waals surface area contributed by atoms with Crippen molar-refractivity contribution in [1.29, 1.82) is 10.5 Å². The average Bonchev–Trinajstić information content (AvgIpc) is 3.37. The fourth-order valence-electron chi connectivity index (χ4n) is 2.97. The number of nitriles is 2. The van der Waals surface area contributed by atoms with Crippen molar-refractivity contribution in [3.05, 3.63) is 47.9 Å². The molecule has 1 aromatic carbocycles. The lowest BCUT2D eigenvalue weighted by Crippen LogP contribution is -2.17. The Morgan fingerprint density at radius 2 is 2.12 bits per heavy atom. The van der Waals surface area contributed by atoms with Crippen LogP contribution in [0.1, 0.15) is 30.3 Å². The second kappa shape index (κ2) is 6.61. The van der Waals surface area contributed by atoms with E-state index in [1.54, 1.807) is 35.4 Å². The molecule has 0 spiro atoms. The summed E-state index contributed by atoms with van der Waals surface area (Å²) < 4.78 is 5.35. The van der Waals surface area contributed by atoms with E-state index in [1.807, 2.05) is 6.07 Å². The molecule has 8 nitrogen and oxygen atoms in total. The summed E-state index contributed by atoms with van der Waals surface area (Å²) in [7, 11) is 0. The van der Waals surface area contributed by atoms with Gasteiger partial charge in [-0.25, -0.2) is 9.97 Å². The highest BCUT2D eigenvalue weighted by Gasteiger charge is 2.29. The molecule has 0 saturated carbocycles. The Morgan fingerprint density at radius 3 is 2.96 bits per heavy atom. The van der Waals surface area contributed by atoms with Gasteiger partial charge >= 0.3 is 0 Å². The average molecular weight is 343 g/mol. The third-order valence-corrected chi connectivity index (χ3v) is 4.25.